The van der Waals surface area contributed by atoms with Gasteiger partial charge in [-0.3, -0.25) is 28.0 Å². The zero-order valence-corrected chi connectivity index (χ0v) is 39.5. The third kappa shape index (κ3) is 32.5. The summed E-state index contributed by atoms with van der Waals surface area (Å²) in [6.45, 7) is 1.21. The van der Waals surface area contributed by atoms with E-state index in [1.165, 1.54) is 25.7 Å². The Labute approximate surface area is 375 Å². The maximum absolute atomic E-state index is 12.9. The van der Waals surface area contributed by atoms with Crippen LogP contribution in [-0.2, 0) is 46.6 Å². The van der Waals surface area contributed by atoms with Crippen LogP contribution in [0.25, 0.3) is 0 Å². The Morgan fingerprint density at radius 2 is 1.19 bits per heavy atom. The Bertz CT molecular complexity index is 1390. The van der Waals surface area contributed by atoms with Gasteiger partial charge in [0.15, 0.2) is 6.10 Å². The first-order valence-corrected chi connectivity index (χ1v) is 26.2. The van der Waals surface area contributed by atoms with Gasteiger partial charge in [0, 0.05) is 43.9 Å². The average molecular weight is 943 g/mol. The van der Waals surface area contributed by atoms with Gasteiger partial charge in [-0.05, 0) is 51.4 Å². The molecule has 17 nitrogen and oxygen atoms in total. The van der Waals surface area contributed by atoms with Crippen LogP contribution in [0.15, 0.2) is 24.3 Å². The highest BCUT2D eigenvalue weighted by molar-refractivity contribution is 7.47. The number of Topliss-reactive ketones (excluding diaryl/α,β-unsaturated/α-hetero) is 1. The summed E-state index contributed by atoms with van der Waals surface area (Å²) in [5.74, 6) is -2.48. The number of esters is 2. The second-order valence-electron chi connectivity index (χ2n) is 16.6. The number of hydrogen-bond donors (Lipinski definition) is 7. The molecule has 1 aliphatic carbocycles. The summed E-state index contributed by atoms with van der Waals surface area (Å²) in [6, 6.07) is 0. The van der Waals surface area contributed by atoms with Gasteiger partial charge in [-0.15, -0.1) is 0 Å². The fourth-order valence-corrected chi connectivity index (χ4v) is 8.32. The number of ketones is 1. The van der Waals surface area contributed by atoms with Gasteiger partial charge in [0.25, 0.3) is 0 Å². The second-order valence-corrected chi connectivity index (χ2v) is 19.3. The fourth-order valence-electron chi connectivity index (χ4n) is 7.16. The molecule has 0 aromatic rings. The molecule has 0 aliphatic heterocycles. The van der Waals surface area contributed by atoms with Gasteiger partial charge < -0.3 is 44.6 Å². The molecule has 0 amide bonds. The van der Waals surface area contributed by atoms with E-state index in [1.54, 1.807) is 12.2 Å². The Morgan fingerprint density at radius 3 is 1.84 bits per heavy atom. The van der Waals surface area contributed by atoms with Crippen molar-refractivity contribution in [3.05, 3.63) is 24.3 Å². The zero-order valence-electron chi connectivity index (χ0n) is 37.8. The van der Waals surface area contributed by atoms with Gasteiger partial charge in [0.05, 0.1) is 38.1 Å². The number of rotatable bonds is 40. The van der Waals surface area contributed by atoms with E-state index in [0.29, 0.717) is 19.3 Å². The Kier molecular flexibility index (Phi) is 33.2. The van der Waals surface area contributed by atoms with Crippen molar-refractivity contribution in [2.75, 3.05) is 26.4 Å². The lowest BCUT2D eigenvalue weighted by Crippen LogP contribution is -2.30. The van der Waals surface area contributed by atoms with Gasteiger partial charge in [-0.2, -0.15) is 0 Å². The number of allylic oxidation sites excluding steroid dienone is 2. The summed E-state index contributed by atoms with van der Waals surface area (Å²) >= 11 is 0. The Hall–Kier alpha value is -1.85. The first-order valence-electron chi connectivity index (χ1n) is 23.2. The predicted molar refractivity (Wildman–Crippen MR) is 237 cm³/mol. The lowest BCUT2D eigenvalue weighted by Gasteiger charge is -2.21. The fraction of sp³-hybridized carbons (Fsp3) is 0.841. The second kappa shape index (κ2) is 35.4. The minimum Gasteiger partial charge on any atom is -0.462 e. The summed E-state index contributed by atoms with van der Waals surface area (Å²) in [6.07, 6.45) is 20.8. The number of phosphoric acid groups is 2. The third-order valence-corrected chi connectivity index (χ3v) is 12.2. The molecule has 0 heterocycles. The summed E-state index contributed by atoms with van der Waals surface area (Å²) in [7, 11) is -9.83. The third-order valence-electron chi connectivity index (χ3n) is 10.8. The Balaban J connectivity index is 2.58. The Morgan fingerprint density at radius 1 is 0.651 bits per heavy atom. The van der Waals surface area contributed by atoms with Gasteiger partial charge in [0.2, 0.25) is 0 Å². The van der Waals surface area contributed by atoms with E-state index in [2.05, 4.69) is 35.0 Å². The lowest BCUT2D eigenvalue weighted by molar-refractivity contribution is -0.161. The van der Waals surface area contributed by atoms with Crippen LogP contribution in [0.2, 0.25) is 0 Å². The van der Waals surface area contributed by atoms with Crippen molar-refractivity contribution in [1.29, 1.82) is 0 Å². The minimum absolute atomic E-state index is 0.0167. The number of ether oxygens (including phenoxy) is 2. The van der Waals surface area contributed by atoms with Crippen LogP contribution in [-0.4, -0.2) is 110 Å². The number of aliphatic hydroxyl groups excluding tert-OH is 4. The summed E-state index contributed by atoms with van der Waals surface area (Å²) in [5.41, 5.74) is 0. The van der Waals surface area contributed by atoms with Gasteiger partial charge in [-0.25, -0.2) is 9.13 Å². The molecule has 0 saturated heterocycles. The van der Waals surface area contributed by atoms with Crippen molar-refractivity contribution < 1.29 is 81.7 Å². The van der Waals surface area contributed by atoms with Gasteiger partial charge >= 0.3 is 27.6 Å². The molecule has 1 fully saturated rings. The molecule has 63 heavy (non-hydrogen) atoms. The smallest absolute Gasteiger partial charge is 0.462 e. The summed E-state index contributed by atoms with van der Waals surface area (Å²) < 4.78 is 47.7. The number of unbranched alkanes of at least 4 members (excludes halogenated alkanes) is 14. The van der Waals surface area contributed by atoms with Crippen LogP contribution < -0.4 is 0 Å². The molecule has 19 heteroatoms. The molecule has 0 radical (unpaired) electrons. The first kappa shape index (κ1) is 59.2. The molecular weight excluding hydrogens is 862 g/mol. The van der Waals surface area contributed by atoms with E-state index in [-0.39, 0.29) is 44.3 Å². The van der Waals surface area contributed by atoms with Crippen LogP contribution in [0.3, 0.4) is 0 Å². The highest BCUT2D eigenvalue weighted by Gasteiger charge is 2.41. The van der Waals surface area contributed by atoms with Crippen molar-refractivity contribution in [2.45, 2.75) is 198 Å². The monoisotopic (exact) mass is 942 g/mol. The lowest BCUT2D eigenvalue weighted by atomic mass is 9.87. The van der Waals surface area contributed by atoms with Crippen molar-refractivity contribution in [2.24, 2.45) is 11.8 Å². The van der Waals surface area contributed by atoms with E-state index < -0.39 is 96.4 Å². The normalized spacial score (nSPS) is 20.5. The maximum Gasteiger partial charge on any atom is 0.472 e. The van der Waals surface area contributed by atoms with E-state index in [0.717, 1.165) is 70.6 Å². The average Bonchev–Trinajstić information content (AvgIpc) is 3.49. The summed E-state index contributed by atoms with van der Waals surface area (Å²) in [4.78, 5) is 65.9. The zero-order chi connectivity index (χ0) is 46.9. The highest BCUT2D eigenvalue weighted by atomic mass is 31.2. The van der Waals surface area contributed by atoms with Crippen LogP contribution in [0.4, 0.5) is 0 Å². The number of carbonyl (C=O) groups excluding carboxylic acids is 3. The van der Waals surface area contributed by atoms with Crippen molar-refractivity contribution in [3.63, 3.8) is 0 Å². The molecule has 0 aromatic carbocycles. The molecule has 1 saturated carbocycles. The quantitative estimate of drug-likeness (QED) is 0.0136. The van der Waals surface area contributed by atoms with Crippen LogP contribution in [0.1, 0.15) is 168 Å². The minimum atomic E-state index is -4.91. The molecule has 1 rings (SSSR count). The summed E-state index contributed by atoms with van der Waals surface area (Å²) in [5, 5.41) is 41.1. The van der Waals surface area contributed by atoms with Crippen LogP contribution >= 0.6 is 15.6 Å². The van der Waals surface area contributed by atoms with Gasteiger partial charge in [0.1, 0.15) is 18.5 Å². The van der Waals surface area contributed by atoms with Gasteiger partial charge in [-0.1, -0.05) is 109 Å². The molecular formula is C44H80O17P2. The molecule has 368 valence electrons. The van der Waals surface area contributed by atoms with Crippen molar-refractivity contribution >= 4 is 33.4 Å². The van der Waals surface area contributed by atoms with E-state index in [4.69, 9.17) is 23.8 Å². The standard InChI is InChI=1S/C44H80O17P2/c1-3-5-7-8-9-10-11-12-13-14-15-16-17-18-20-25-43(50)57-33-38(34-60-63(55,56)59-32-37(47)31-58-62(52,53)54)61-44(51)26-22-21-24-36(46)29-40-39(41(48)30-42(40)49)28-27-35(45)23-19-6-4-2/h10-11,27-28,35,37-42,45,47-49H,3-9,12-26,29-34H2,1-2H3,(H,55,56)(H2,52,53,54)/b11-10-,28-27+/t35-,37-,38+,39+,40+,41+,42-/m0/s1. The van der Waals surface area contributed by atoms with Crippen molar-refractivity contribution in [1.82, 2.24) is 0 Å². The number of hydrogen-bond acceptors (Lipinski definition) is 14. The van der Waals surface area contributed by atoms with E-state index in [1.807, 2.05) is 0 Å². The largest absolute Gasteiger partial charge is 0.472 e. The first-order chi connectivity index (χ1) is 30.0. The molecule has 7 N–H and O–H groups in total. The van der Waals surface area contributed by atoms with E-state index in [9.17, 15) is 48.8 Å². The predicted octanol–water partition coefficient (Wildman–Crippen LogP) is 7.46. The maximum atomic E-state index is 12.9. The van der Waals surface area contributed by atoms with Crippen molar-refractivity contribution in [3.8, 4) is 0 Å². The molecule has 0 aromatic heterocycles. The van der Waals surface area contributed by atoms with Crippen LogP contribution in [0.5, 0.6) is 0 Å². The number of carbonyl (C=O) groups is 3. The van der Waals surface area contributed by atoms with Crippen LogP contribution in [0, 0.1) is 11.8 Å². The molecule has 1 aliphatic rings. The number of phosphoric ester groups is 2. The topological polar surface area (TPSA) is 273 Å². The molecule has 1 unspecified atom stereocenters. The molecule has 0 spiro atoms. The molecule has 8 atom stereocenters. The SMILES string of the molecule is CCCCCC/C=C\CCCCCCCCCC(=O)OC[C@H](COP(=O)(O)OC[C@@H](O)COP(=O)(O)O)OC(=O)CCCCC(=O)C[C@@H]1[C@@H](/C=C/[C@@H](O)CCCCC)[C@H](O)C[C@@H]1O. The highest BCUT2D eigenvalue weighted by Crippen LogP contribution is 2.44. The van der Waals surface area contributed by atoms with E-state index >= 15 is 0 Å². The number of aliphatic hydroxyl groups is 4. The molecule has 0 bridgehead atoms.